The molecule has 0 spiro atoms. The molecule has 6 nitrogen and oxygen atoms in total. The second-order valence-corrected chi connectivity index (χ2v) is 7.45. The molecule has 1 aromatic carbocycles. The minimum atomic E-state index is -4.78. The molecule has 1 aromatic heterocycles. The second kappa shape index (κ2) is 11.0. The lowest BCUT2D eigenvalue weighted by molar-refractivity contribution is -0.274. The van der Waals surface area contributed by atoms with Crippen LogP contribution in [0.15, 0.2) is 48.7 Å². The number of aliphatic hydroxyl groups excluding tert-OH is 1. The molecule has 0 aliphatic rings. The summed E-state index contributed by atoms with van der Waals surface area (Å²) in [6.45, 7) is 8.99. The number of rotatable bonds is 9. The van der Waals surface area contributed by atoms with Crippen molar-refractivity contribution in [1.29, 1.82) is 0 Å². The van der Waals surface area contributed by atoms with E-state index in [1.54, 1.807) is 0 Å². The zero-order valence-electron chi connectivity index (χ0n) is 19.1. The van der Waals surface area contributed by atoms with Crippen LogP contribution in [-0.4, -0.2) is 29.4 Å². The molecule has 1 amide bonds. The number of allylic oxidation sites excluding steroid dienone is 1. The summed E-state index contributed by atoms with van der Waals surface area (Å²) < 4.78 is 41.5. The number of carbonyl (C=O) groups is 1. The topological polar surface area (TPSA) is 74.7 Å². The van der Waals surface area contributed by atoms with Gasteiger partial charge in [0.1, 0.15) is 5.75 Å². The van der Waals surface area contributed by atoms with Gasteiger partial charge in [-0.3, -0.25) is 9.78 Å². The number of hydrogen-bond acceptors (Lipinski definition) is 5. The molecular formula is C24H28F3N3O3. The third-order valence-corrected chi connectivity index (χ3v) is 5.05. The van der Waals surface area contributed by atoms with Gasteiger partial charge in [0, 0.05) is 24.4 Å². The third kappa shape index (κ3) is 6.82. The summed E-state index contributed by atoms with van der Waals surface area (Å²) in [6.07, 6.45) is -0.877. The Bertz CT molecular complexity index is 1030. The molecule has 0 atom stereocenters. The predicted octanol–water partition coefficient (Wildman–Crippen LogP) is 5.00. The minimum Gasteiger partial charge on any atom is -0.406 e. The van der Waals surface area contributed by atoms with Crippen LogP contribution in [-0.2, 0) is 17.9 Å². The molecule has 0 saturated heterocycles. The van der Waals surface area contributed by atoms with E-state index in [-0.39, 0.29) is 18.9 Å². The lowest BCUT2D eigenvalue weighted by atomic mass is 9.99. The average Bonchev–Trinajstić information content (AvgIpc) is 2.76. The van der Waals surface area contributed by atoms with Gasteiger partial charge in [0.2, 0.25) is 5.91 Å². The molecule has 2 N–H and O–H groups in total. The Morgan fingerprint density at radius 2 is 1.94 bits per heavy atom. The number of hydrogen-bond donors (Lipinski definition) is 2. The van der Waals surface area contributed by atoms with E-state index in [4.69, 9.17) is 0 Å². The molecule has 0 bridgehead atoms. The number of aliphatic hydroxyl groups is 1. The Morgan fingerprint density at radius 3 is 2.45 bits per heavy atom. The normalized spacial score (nSPS) is 11.8. The molecule has 0 fully saturated rings. The molecule has 0 unspecified atom stereocenters. The van der Waals surface area contributed by atoms with Crippen molar-refractivity contribution in [2.24, 2.45) is 0 Å². The Hall–Kier alpha value is -3.33. The SMILES string of the molecule is C=CC(=O)NCc1nc(-c2ccc(OC(F)(F)F)cc2)c(C)c(N(C)/C=C(\C)CC)c1CO. The first-order valence-electron chi connectivity index (χ1n) is 10.3. The quantitative estimate of drug-likeness (QED) is 0.512. The van der Waals surface area contributed by atoms with E-state index in [9.17, 15) is 23.1 Å². The number of amides is 1. The van der Waals surface area contributed by atoms with Crippen molar-refractivity contribution < 1.29 is 27.8 Å². The number of halogens is 3. The van der Waals surface area contributed by atoms with Crippen LogP contribution >= 0.6 is 0 Å². The fraction of sp³-hybridized carbons (Fsp3) is 0.333. The van der Waals surface area contributed by atoms with Gasteiger partial charge in [-0.25, -0.2) is 0 Å². The highest BCUT2D eigenvalue weighted by molar-refractivity contribution is 5.86. The first-order valence-corrected chi connectivity index (χ1v) is 10.3. The number of benzene rings is 1. The molecule has 2 aromatic rings. The Labute approximate surface area is 191 Å². The van der Waals surface area contributed by atoms with Gasteiger partial charge in [0.15, 0.2) is 0 Å². The molecule has 0 saturated carbocycles. The van der Waals surface area contributed by atoms with Crippen LogP contribution in [0, 0.1) is 6.92 Å². The van der Waals surface area contributed by atoms with Crippen LogP contribution in [0.5, 0.6) is 5.75 Å². The van der Waals surface area contributed by atoms with Crippen LogP contribution in [0.4, 0.5) is 18.9 Å². The molecular weight excluding hydrogens is 435 g/mol. The average molecular weight is 464 g/mol. The second-order valence-electron chi connectivity index (χ2n) is 7.45. The maximum Gasteiger partial charge on any atom is 0.573 e. The van der Waals surface area contributed by atoms with Gasteiger partial charge < -0.3 is 20.1 Å². The molecule has 2 rings (SSSR count). The van der Waals surface area contributed by atoms with Crippen molar-refractivity contribution in [3.05, 3.63) is 65.5 Å². The predicted molar refractivity (Wildman–Crippen MR) is 122 cm³/mol. The number of alkyl halides is 3. The first kappa shape index (κ1) is 25.9. The summed E-state index contributed by atoms with van der Waals surface area (Å²) in [5.41, 5.74) is 4.59. The molecule has 1 heterocycles. The van der Waals surface area contributed by atoms with Crippen LogP contribution < -0.4 is 15.0 Å². The van der Waals surface area contributed by atoms with Crippen LogP contribution in [0.25, 0.3) is 11.3 Å². The molecule has 33 heavy (non-hydrogen) atoms. The molecule has 0 radical (unpaired) electrons. The zero-order chi connectivity index (χ0) is 24.8. The smallest absolute Gasteiger partial charge is 0.406 e. The molecule has 0 aliphatic heterocycles. The van der Waals surface area contributed by atoms with E-state index in [1.165, 1.54) is 24.3 Å². The van der Waals surface area contributed by atoms with Crippen molar-refractivity contribution in [3.63, 3.8) is 0 Å². The van der Waals surface area contributed by atoms with Crippen molar-refractivity contribution in [2.75, 3.05) is 11.9 Å². The number of anilines is 1. The highest BCUT2D eigenvalue weighted by Gasteiger charge is 2.31. The standard InChI is InChI=1S/C24H28F3N3O3/c1-6-15(3)13-30(5)23-16(4)22(17-8-10-18(11-9-17)33-24(25,26)27)29-20(19(23)14-31)12-28-21(32)7-2/h7-11,13,31H,2,6,12,14H2,1,3-5H3,(H,28,32)/b15-13+. The number of aromatic nitrogens is 1. The molecule has 9 heteroatoms. The summed E-state index contributed by atoms with van der Waals surface area (Å²) in [5, 5.41) is 12.8. The lowest BCUT2D eigenvalue weighted by Gasteiger charge is -2.25. The van der Waals surface area contributed by atoms with E-state index < -0.39 is 12.3 Å². The van der Waals surface area contributed by atoms with E-state index in [2.05, 4.69) is 21.6 Å². The first-order chi connectivity index (χ1) is 15.5. The monoisotopic (exact) mass is 463 g/mol. The Balaban J connectivity index is 2.65. The summed E-state index contributed by atoms with van der Waals surface area (Å²) in [4.78, 5) is 18.2. The molecule has 0 aliphatic carbocycles. The van der Waals surface area contributed by atoms with Crippen molar-refractivity contribution >= 4 is 11.6 Å². The highest BCUT2D eigenvalue weighted by Crippen LogP contribution is 2.35. The van der Waals surface area contributed by atoms with E-state index in [1.807, 2.05) is 38.9 Å². The maximum absolute atomic E-state index is 12.5. The van der Waals surface area contributed by atoms with Gasteiger partial charge in [-0.2, -0.15) is 0 Å². The van der Waals surface area contributed by atoms with Crippen molar-refractivity contribution in [2.45, 2.75) is 46.7 Å². The lowest BCUT2D eigenvalue weighted by Crippen LogP contribution is -2.24. The van der Waals surface area contributed by atoms with Gasteiger partial charge in [0.25, 0.3) is 0 Å². The summed E-state index contributed by atoms with van der Waals surface area (Å²) in [6, 6.07) is 5.40. The van der Waals surface area contributed by atoms with Crippen molar-refractivity contribution in [3.8, 4) is 17.0 Å². The van der Waals surface area contributed by atoms with E-state index in [0.29, 0.717) is 28.2 Å². The fourth-order valence-electron chi connectivity index (χ4n) is 3.38. The van der Waals surface area contributed by atoms with Gasteiger partial charge in [-0.1, -0.05) is 19.1 Å². The Morgan fingerprint density at radius 1 is 1.30 bits per heavy atom. The maximum atomic E-state index is 12.5. The van der Waals surface area contributed by atoms with Gasteiger partial charge in [-0.05, 0) is 56.2 Å². The third-order valence-electron chi connectivity index (χ3n) is 5.05. The molecule has 178 valence electrons. The Kier molecular flexibility index (Phi) is 8.64. The number of ether oxygens (including phenoxy) is 1. The van der Waals surface area contributed by atoms with Gasteiger partial charge in [0.05, 0.1) is 30.2 Å². The summed E-state index contributed by atoms with van der Waals surface area (Å²) in [5.74, 6) is -0.735. The summed E-state index contributed by atoms with van der Waals surface area (Å²) in [7, 11) is 1.84. The number of nitrogens with zero attached hydrogens (tertiary/aromatic N) is 2. The van der Waals surface area contributed by atoms with E-state index in [0.717, 1.165) is 23.6 Å². The highest BCUT2D eigenvalue weighted by atomic mass is 19.4. The van der Waals surface area contributed by atoms with Crippen LogP contribution in [0.1, 0.15) is 37.1 Å². The largest absolute Gasteiger partial charge is 0.573 e. The van der Waals surface area contributed by atoms with Gasteiger partial charge >= 0.3 is 6.36 Å². The number of carbonyl (C=O) groups excluding carboxylic acids is 1. The zero-order valence-corrected chi connectivity index (χ0v) is 19.1. The fourth-order valence-corrected chi connectivity index (χ4v) is 3.38. The van der Waals surface area contributed by atoms with E-state index >= 15 is 0 Å². The van der Waals surface area contributed by atoms with Crippen molar-refractivity contribution in [1.82, 2.24) is 10.3 Å². The minimum absolute atomic E-state index is 0.0423. The van der Waals surface area contributed by atoms with Crippen LogP contribution in [0.3, 0.4) is 0 Å². The van der Waals surface area contributed by atoms with Crippen LogP contribution in [0.2, 0.25) is 0 Å². The van der Waals surface area contributed by atoms with Gasteiger partial charge in [-0.15, -0.1) is 13.2 Å². The summed E-state index contributed by atoms with van der Waals surface area (Å²) >= 11 is 0. The number of pyridine rings is 1. The number of nitrogens with one attached hydrogen (secondary N) is 1.